The van der Waals surface area contributed by atoms with Crippen molar-refractivity contribution in [3.63, 3.8) is 0 Å². The number of carbonyl (C=O) groups excluding carboxylic acids is 4. The average molecular weight is 430 g/mol. The quantitative estimate of drug-likeness (QED) is 0.401. The first-order valence-corrected chi connectivity index (χ1v) is 10.3. The van der Waals surface area contributed by atoms with Gasteiger partial charge >= 0.3 is 6.16 Å². The van der Waals surface area contributed by atoms with Crippen molar-refractivity contribution in [1.82, 2.24) is 10.4 Å². The maximum atomic E-state index is 12.6. The van der Waals surface area contributed by atoms with Crippen molar-refractivity contribution in [1.29, 1.82) is 0 Å². The van der Waals surface area contributed by atoms with Gasteiger partial charge in [-0.25, -0.2) is 4.79 Å². The molecule has 2 N–H and O–H groups in total. The normalized spacial score (nSPS) is 24.8. The Morgan fingerprint density at radius 1 is 1.13 bits per heavy atom. The van der Waals surface area contributed by atoms with Crippen LogP contribution < -0.4 is 5.32 Å². The van der Waals surface area contributed by atoms with E-state index in [1.807, 2.05) is 30.3 Å². The summed E-state index contributed by atoms with van der Waals surface area (Å²) in [6, 6.07) is 9.69. The Balaban J connectivity index is 1.49. The van der Waals surface area contributed by atoms with E-state index in [9.17, 15) is 24.3 Å². The number of benzene rings is 1. The highest BCUT2D eigenvalue weighted by Gasteiger charge is 2.37. The van der Waals surface area contributed by atoms with Crippen LogP contribution in [-0.2, 0) is 30.4 Å². The number of nitrogens with zero attached hydrogens (tertiary/aromatic N) is 1. The SMILES string of the molecule is O=C(O[C@@H]1/C=C/CC[C@](O)(C(=O)NCCc2ccccc2)CC1)ON1C(=O)CCC1=O. The fourth-order valence-electron chi connectivity index (χ4n) is 3.50. The Kier molecular flexibility index (Phi) is 7.41. The molecule has 0 bridgehead atoms. The lowest BCUT2D eigenvalue weighted by Crippen LogP contribution is -2.48. The Morgan fingerprint density at radius 3 is 2.55 bits per heavy atom. The molecule has 3 rings (SSSR count). The van der Waals surface area contributed by atoms with Gasteiger partial charge in [-0.1, -0.05) is 41.5 Å². The second kappa shape index (κ2) is 10.2. The summed E-state index contributed by atoms with van der Waals surface area (Å²) in [5, 5.41) is 14.1. The molecule has 2 aliphatic rings. The maximum absolute atomic E-state index is 12.6. The molecule has 0 aromatic heterocycles. The topological polar surface area (TPSA) is 122 Å². The van der Waals surface area contributed by atoms with Gasteiger partial charge in [0.25, 0.3) is 17.7 Å². The van der Waals surface area contributed by atoms with Crippen molar-refractivity contribution in [2.24, 2.45) is 0 Å². The molecule has 1 fully saturated rings. The van der Waals surface area contributed by atoms with Crippen LogP contribution in [0.2, 0.25) is 0 Å². The standard InChI is InChI=1S/C22H26N2O7/c25-18-9-10-19(26)24(18)31-21(28)30-17-8-4-5-13-22(29,14-11-17)20(27)23-15-12-16-6-2-1-3-7-16/h1-4,6-8,17,29H,5,9-15H2,(H,23,27)/b8-4+/t17-,22-/m1/s1. The number of nitrogens with one attached hydrogen (secondary N) is 1. The minimum Gasteiger partial charge on any atom is -0.425 e. The molecule has 9 heteroatoms. The Bertz CT molecular complexity index is 839. The molecular weight excluding hydrogens is 404 g/mol. The molecule has 0 radical (unpaired) electrons. The first kappa shape index (κ1) is 22.5. The largest absolute Gasteiger partial charge is 0.534 e. The summed E-state index contributed by atoms with van der Waals surface area (Å²) < 4.78 is 5.16. The number of amides is 3. The molecule has 1 aliphatic carbocycles. The van der Waals surface area contributed by atoms with Gasteiger partial charge in [-0.05, 0) is 43.7 Å². The van der Waals surface area contributed by atoms with Gasteiger partial charge < -0.3 is 15.2 Å². The zero-order valence-corrected chi connectivity index (χ0v) is 17.1. The number of carbonyl (C=O) groups is 4. The van der Waals surface area contributed by atoms with Crippen LogP contribution in [0, 0.1) is 0 Å². The van der Waals surface area contributed by atoms with Crippen molar-refractivity contribution < 1.29 is 33.9 Å². The number of hydrogen-bond donors (Lipinski definition) is 2. The monoisotopic (exact) mass is 430 g/mol. The van der Waals surface area contributed by atoms with Gasteiger partial charge in [0.05, 0.1) is 0 Å². The van der Waals surface area contributed by atoms with Crippen LogP contribution in [0.3, 0.4) is 0 Å². The van der Waals surface area contributed by atoms with Crippen molar-refractivity contribution in [3.8, 4) is 0 Å². The molecule has 1 aromatic rings. The smallest absolute Gasteiger partial charge is 0.425 e. The van der Waals surface area contributed by atoms with Gasteiger partial charge in [0.2, 0.25) is 0 Å². The molecule has 1 heterocycles. The molecule has 2 atom stereocenters. The Morgan fingerprint density at radius 2 is 1.84 bits per heavy atom. The van der Waals surface area contributed by atoms with Crippen molar-refractivity contribution in [3.05, 3.63) is 48.0 Å². The third-order valence-corrected chi connectivity index (χ3v) is 5.30. The minimum atomic E-state index is -1.59. The second-order valence-electron chi connectivity index (χ2n) is 7.61. The molecule has 0 saturated carbocycles. The lowest BCUT2D eigenvalue weighted by atomic mass is 9.87. The lowest BCUT2D eigenvalue weighted by Gasteiger charge is -2.29. The van der Waals surface area contributed by atoms with E-state index in [1.165, 1.54) is 0 Å². The van der Waals surface area contributed by atoms with Gasteiger partial charge in [-0.2, -0.15) is 0 Å². The molecule has 9 nitrogen and oxygen atoms in total. The van der Waals surface area contributed by atoms with E-state index in [4.69, 9.17) is 9.57 Å². The highest BCUT2D eigenvalue weighted by Crippen LogP contribution is 2.25. The Hall–Kier alpha value is -3.20. The first-order valence-electron chi connectivity index (χ1n) is 10.3. The molecule has 0 spiro atoms. The van der Waals surface area contributed by atoms with Gasteiger partial charge in [0.1, 0.15) is 11.7 Å². The highest BCUT2D eigenvalue weighted by atomic mass is 16.8. The summed E-state index contributed by atoms with van der Waals surface area (Å²) in [5.41, 5.74) is -0.509. The summed E-state index contributed by atoms with van der Waals surface area (Å²) in [4.78, 5) is 52.3. The van der Waals surface area contributed by atoms with Crippen LogP contribution in [0.4, 0.5) is 4.79 Å². The van der Waals surface area contributed by atoms with E-state index in [0.29, 0.717) is 24.4 Å². The number of aliphatic hydroxyl groups is 1. The first-order chi connectivity index (χ1) is 14.9. The summed E-state index contributed by atoms with van der Waals surface area (Å²) in [6.07, 6.45) is 2.95. The molecule has 1 aliphatic heterocycles. The Labute approximate surface area is 180 Å². The molecule has 166 valence electrons. The fourth-order valence-corrected chi connectivity index (χ4v) is 3.50. The van der Waals surface area contributed by atoms with Crippen molar-refractivity contribution in [2.75, 3.05) is 6.54 Å². The zero-order chi connectivity index (χ0) is 22.3. The van der Waals surface area contributed by atoms with E-state index >= 15 is 0 Å². The van der Waals surface area contributed by atoms with E-state index in [-0.39, 0.29) is 32.1 Å². The van der Waals surface area contributed by atoms with Crippen LogP contribution in [0.15, 0.2) is 42.5 Å². The van der Waals surface area contributed by atoms with Gasteiger partial charge in [0, 0.05) is 19.4 Å². The van der Waals surface area contributed by atoms with Crippen LogP contribution in [-0.4, -0.2) is 52.3 Å². The van der Waals surface area contributed by atoms with Gasteiger partial charge in [0.15, 0.2) is 0 Å². The number of allylic oxidation sites excluding steroid dienone is 1. The summed E-state index contributed by atoms with van der Waals surface area (Å²) in [7, 11) is 0. The summed E-state index contributed by atoms with van der Waals surface area (Å²) in [6.45, 7) is 0.394. The molecule has 3 amide bonds. The second-order valence-corrected chi connectivity index (χ2v) is 7.61. The number of imide groups is 1. The van der Waals surface area contributed by atoms with E-state index in [1.54, 1.807) is 12.2 Å². The summed E-state index contributed by atoms with van der Waals surface area (Å²) >= 11 is 0. The molecule has 31 heavy (non-hydrogen) atoms. The average Bonchev–Trinajstić information content (AvgIpc) is 3.06. The fraction of sp³-hybridized carbons (Fsp3) is 0.455. The molecule has 0 unspecified atom stereocenters. The number of ether oxygens (including phenoxy) is 1. The van der Waals surface area contributed by atoms with Gasteiger partial charge in [-0.3, -0.25) is 19.2 Å². The van der Waals surface area contributed by atoms with E-state index in [2.05, 4.69) is 5.32 Å². The number of hydrogen-bond acceptors (Lipinski definition) is 7. The zero-order valence-electron chi connectivity index (χ0n) is 17.1. The van der Waals surface area contributed by atoms with Crippen molar-refractivity contribution in [2.45, 2.75) is 56.7 Å². The predicted octanol–water partition coefficient (Wildman–Crippen LogP) is 1.79. The van der Waals surface area contributed by atoms with Crippen LogP contribution in [0.5, 0.6) is 0 Å². The molecule has 1 saturated heterocycles. The highest BCUT2D eigenvalue weighted by molar-refractivity contribution is 6.01. The minimum absolute atomic E-state index is 0.0120. The third-order valence-electron chi connectivity index (χ3n) is 5.30. The van der Waals surface area contributed by atoms with Crippen LogP contribution in [0.1, 0.15) is 44.1 Å². The van der Waals surface area contributed by atoms with Crippen LogP contribution in [0.25, 0.3) is 0 Å². The molecule has 1 aromatic carbocycles. The summed E-state index contributed by atoms with van der Waals surface area (Å²) in [5.74, 6) is -1.67. The lowest BCUT2D eigenvalue weighted by molar-refractivity contribution is -0.178. The van der Waals surface area contributed by atoms with E-state index < -0.39 is 35.6 Å². The predicted molar refractivity (Wildman–Crippen MR) is 108 cm³/mol. The maximum Gasteiger partial charge on any atom is 0.534 e. The van der Waals surface area contributed by atoms with Crippen LogP contribution >= 0.6 is 0 Å². The number of hydroxylamine groups is 2. The van der Waals surface area contributed by atoms with Gasteiger partial charge in [-0.15, -0.1) is 0 Å². The van der Waals surface area contributed by atoms with Crippen molar-refractivity contribution >= 4 is 23.9 Å². The van der Waals surface area contributed by atoms with E-state index in [0.717, 1.165) is 5.56 Å². The molecular formula is C22H26N2O7. The third kappa shape index (κ3) is 6.14. The number of rotatable bonds is 6.